The summed E-state index contributed by atoms with van der Waals surface area (Å²) in [5.41, 5.74) is 0. The van der Waals surface area contributed by atoms with Gasteiger partial charge in [0.15, 0.2) is 0 Å². The first kappa shape index (κ1) is 17.2. The zero-order valence-electron chi connectivity index (χ0n) is 13.3. The molecule has 5 nitrogen and oxygen atoms in total. The minimum Gasteiger partial charge on any atom is -0.379 e. The van der Waals surface area contributed by atoms with Crippen molar-refractivity contribution >= 4 is 29.0 Å². The Kier molecular flexibility index (Phi) is 6.77. The fraction of sp³-hybridized carbons (Fsp3) is 0.688. The van der Waals surface area contributed by atoms with Crippen LogP contribution in [0.5, 0.6) is 0 Å². The van der Waals surface area contributed by atoms with Gasteiger partial charge in [0.1, 0.15) is 0 Å². The van der Waals surface area contributed by atoms with Crippen LogP contribution in [0, 0.1) is 0 Å². The standard InChI is InChI=1S/C16H25N3O2S2/c20-16(10-13-12-22-9-3-17-13)18-11-14(15-2-1-8-23-15)19-4-6-21-7-5-19/h1-2,8,13-14,17H,3-7,9-12H2,(H,18,20). The molecular weight excluding hydrogens is 330 g/mol. The summed E-state index contributed by atoms with van der Waals surface area (Å²) in [4.78, 5) is 16.0. The molecule has 0 aliphatic carbocycles. The predicted molar refractivity (Wildman–Crippen MR) is 96.2 cm³/mol. The molecule has 2 fully saturated rings. The monoisotopic (exact) mass is 355 g/mol. The lowest BCUT2D eigenvalue weighted by molar-refractivity contribution is -0.121. The molecule has 0 spiro atoms. The van der Waals surface area contributed by atoms with Crippen LogP contribution in [0.1, 0.15) is 17.3 Å². The van der Waals surface area contributed by atoms with Gasteiger partial charge in [-0.2, -0.15) is 11.8 Å². The maximum atomic E-state index is 12.3. The van der Waals surface area contributed by atoms with Gasteiger partial charge in [0.05, 0.1) is 19.3 Å². The Morgan fingerprint density at radius 1 is 1.48 bits per heavy atom. The maximum absolute atomic E-state index is 12.3. The lowest BCUT2D eigenvalue weighted by Gasteiger charge is -2.34. The van der Waals surface area contributed by atoms with E-state index in [0.29, 0.717) is 19.0 Å². The largest absolute Gasteiger partial charge is 0.379 e. The summed E-state index contributed by atoms with van der Waals surface area (Å²) >= 11 is 3.69. The Bertz CT molecular complexity index is 472. The van der Waals surface area contributed by atoms with E-state index in [0.717, 1.165) is 44.4 Å². The fourth-order valence-corrected chi connectivity index (χ4v) is 4.85. The first-order valence-electron chi connectivity index (χ1n) is 8.26. The number of thioether (sulfide) groups is 1. The first-order chi connectivity index (χ1) is 11.3. The summed E-state index contributed by atoms with van der Waals surface area (Å²) in [6.07, 6.45) is 0.577. The van der Waals surface area contributed by atoms with E-state index in [9.17, 15) is 4.79 Å². The maximum Gasteiger partial charge on any atom is 0.221 e. The number of carbonyl (C=O) groups excluding carboxylic acids is 1. The average Bonchev–Trinajstić information content (AvgIpc) is 3.11. The topological polar surface area (TPSA) is 53.6 Å². The third kappa shape index (κ3) is 5.19. The second kappa shape index (κ2) is 9.03. The van der Waals surface area contributed by atoms with Crippen LogP contribution < -0.4 is 10.6 Å². The van der Waals surface area contributed by atoms with Gasteiger partial charge >= 0.3 is 0 Å². The zero-order valence-corrected chi connectivity index (χ0v) is 15.0. The smallest absolute Gasteiger partial charge is 0.221 e. The van der Waals surface area contributed by atoms with Gasteiger partial charge in [0.25, 0.3) is 0 Å². The Hall–Kier alpha value is -0.600. The number of nitrogens with one attached hydrogen (secondary N) is 2. The van der Waals surface area contributed by atoms with Crippen molar-refractivity contribution < 1.29 is 9.53 Å². The van der Waals surface area contributed by atoms with E-state index in [-0.39, 0.29) is 11.9 Å². The Balaban J connectivity index is 1.52. The van der Waals surface area contributed by atoms with Crippen molar-refractivity contribution in [3.05, 3.63) is 22.4 Å². The van der Waals surface area contributed by atoms with Crippen molar-refractivity contribution in [2.75, 3.05) is 50.9 Å². The molecule has 2 saturated heterocycles. The molecule has 1 amide bonds. The Labute approximate surface area is 146 Å². The number of carbonyl (C=O) groups is 1. The molecule has 0 saturated carbocycles. The van der Waals surface area contributed by atoms with E-state index < -0.39 is 0 Å². The van der Waals surface area contributed by atoms with Crippen molar-refractivity contribution in [1.82, 2.24) is 15.5 Å². The third-order valence-corrected chi connectivity index (χ3v) is 6.39. The molecule has 23 heavy (non-hydrogen) atoms. The molecule has 2 unspecified atom stereocenters. The minimum atomic E-state index is 0.153. The van der Waals surface area contributed by atoms with Gasteiger partial charge in [-0.25, -0.2) is 0 Å². The SMILES string of the molecule is O=C(CC1CSCCN1)NCC(c1cccs1)N1CCOCC1. The van der Waals surface area contributed by atoms with Crippen molar-refractivity contribution in [3.63, 3.8) is 0 Å². The normalized spacial score (nSPS) is 24.3. The molecular formula is C16H25N3O2S2. The summed E-state index contributed by atoms with van der Waals surface area (Å²) in [5.74, 6) is 2.33. The number of ether oxygens (including phenoxy) is 1. The van der Waals surface area contributed by atoms with Gasteiger partial charge in [-0.3, -0.25) is 9.69 Å². The van der Waals surface area contributed by atoms with E-state index in [1.165, 1.54) is 4.88 Å². The van der Waals surface area contributed by atoms with E-state index >= 15 is 0 Å². The highest BCUT2D eigenvalue weighted by Crippen LogP contribution is 2.25. The van der Waals surface area contributed by atoms with Crippen LogP contribution in [0.15, 0.2) is 17.5 Å². The van der Waals surface area contributed by atoms with Gasteiger partial charge < -0.3 is 15.4 Å². The zero-order chi connectivity index (χ0) is 15.9. The number of rotatable bonds is 6. The van der Waals surface area contributed by atoms with Crippen LogP contribution in [0.3, 0.4) is 0 Å². The van der Waals surface area contributed by atoms with E-state index in [1.54, 1.807) is 11.3 Å². The van der Waals surface area contributed by atoms with E-state index in [4.69, 9.17) is 4.74 Å². The first-order valence-corrected chi connectivity index (χ1v) is 10.3. The van der Waals surface area contributed by atoms with E-state index in [1.807, 2.05) is 11.8 Å². The second-order valence-corrected chi connectivity index (χ2v) is 8.04. The number of thiophene rings is 1. The van der Waals surface area contributed by atoms with Crippen LogP contribution in [0.4, 0.5) is 0 Å². The van der Waals surface area contributed by atoms with Crippen molar-refractivity contribution in [3.8, 4) is 0 Å². The van der Waals surface area contributed by atoms with E-state index in [2.05, 4.69) is 33.0 Å². The average molecular weight is 356 g/mol. The van der Waals surface area contributed by atoms with Gasteiger partial charge in [-0.1, -0.05) is 6.07 Å². The highest BCUT2D eigenvalue weighted by molar-refractivity contribution is 7.99. The quantitative estimate of drug-likeness (QED) is 0.806. The molecule has 3 rings (SSSR count). The molecule has 7 heteroatoms. The van der Waals surface area contributed by atoms with Crippen LogP contribution in [0.25, 0.3) is 0 Å². The molecule has 0 radical (unpaired) electrons. The summed E-state index contributed by atoms with van der Waals surface area (Å²) in [6, 6.07) is 4.82. The van der Waals surface area contributed by atoms with Gasteiger partial charge in [0.2, 0.25) is 5.91 Å². The summed E-state index contributed by atoms with van der Waals surface area (Å²) in [6.45, 7) is 5.10. The Morgan fingerprint density at radius 2 is 2.35 bits per heavy atom. The molecule has 2 N–H and O–H groups in total. The number of hydrogen-bond acceptors (Lipinski definition) is 6. The molecule has 2 aliphatic heterocycles. The highest BCUT2D eigenvalue weighted by Gasteiger charge is 2.24. The highest BCUT2D eigenvalue weighted by atomic mass is 32.2. The molecule has 0 aromatic carbocycles. The molecule has 2 atom stereocenters. The van der Waals surface area contributed by atoms with Crippen LogP contribution in [-0.4, -0.2) is 67.7 Å². The van der Waals surface area contributed by atoms with Gasteiger partial charge in [0, 0.05) is 55.0 Å². The molecule has 0 bridgehead atoms. The lowest BCUT2D eigenvalue weighted by atomic mass is 10.1. The van der Waals surface area contributed by atoms with Crippen LogP contribution >= 0.6 is 23.1 Å². The summed E-state index contributed by atoms with van der Waals surface area (Å²) in [7, 11) is 0. The summed E-state index contributed by atoms with van der Waals surface area (Å²) < 4.78 is 5.46. The molecule has 1 aromatic rings. The van der Waals surface area contributed by atoms with Crippen molar-refractivity contribution in [1.29, 1.82) is 0 Å². The number of morpholine rings is 1. The molecule has 128 valence electrons. The molecule has 3 heterocycles. The fourth-order valence-electron chi connectivity index (χ4n) is 3.04. The molecule has 1 aromatic heterocycles. The van der Waals surface area contributed by atoms with Crippen LogP contribution in [0.2, 0.25) is 0 Å². The second-order valence-electron chi connectivity index (χ2n) is 5.91. The van der Waals surface area contributed by atoms with Crippen LogP contribution in [-0.2, 0) is 9.53 Å². The van der Waals surface area contributed by atoms with Crippen molar-refractivity contribution in [2.45, 2.75) is 18.5 Å². The molecule has 2 aliphatic rings. The third-order valence-electron chi connectivity index (χ3n) is 4.28. The summed E-state index contributed by atoms with van der Waals surface area (Å²) in [5, 5.41) is 8.68. The van der Waals surface area contributed by atoms with Gasteiger partial charge in [-0.05, 0) is 11.4 Å². The number of nitrogens with zero attached hydrogens (tertiary/aromatic N) is 1. The van der Waals surface area contributed by atoms with Crippen molar-refractivity contribution in [2.24, 2.45) is 0 Å². The predicted octanol–water partition coefficient (Wildman–Crippen LogP) is 1.33. The minimum absolute atomic E-state index is 0.153. The lowest BCUT2D eigenvalue weighted by Crippen LogP contribution is -2.45. The number of hydrogen-bond donors (Lipinski definition) is 2. The Morgan fingerprint density at radius 3 is 3.04 bits per heavy atom. The number of amides is 1. The van der Waals surface area contributed by atoms with Gasteiger partial charge in [-0.15, -0.1) is 11.3 Å².